The Morgan fingerprint density at radius 1 is 1.25 bits per heavy atom. The molecule has 144 valence electrons. The molecule has 1 saturated heterocycles. The summed E-state index contributed by atoms with van der Waals surface area (Å²) in [5.41, 5.74) is 2.95. The van der Waals surface area contributed by atoms with Crippen molar-refractivity contribution in [1.29, 1.82) is 0 Å². The predicted octanol–water partition coefficient (Wildman–Crippen LogP) is 1.64. The average Bonchev–Trinajstić information content (AvgIpc) is 3.42. The van der Waals surface area contributed by atoms with E-state index in [1.165, 1.54) is 11.5 Å². The van der Waals surface area contributed by atoms with Crippen LogP contribution in [0.25, 0.3) is 11.1 Å². The van der Waals surface area contributed by atoms with Crippen molar-refractivity contribution >= 4 is 27.3 Å². The molecule has 2 aliphatic heterocycles. The summed E-state index contributed by atoms with van der Waals surface area (Å²) in [7, 11) is -1.63. The molecule has 1 amide bonds. The molecule has 2 aromatic heterocycles. The third kappa shape index (κ3) is 2.44. The molecule has 2 atom stereocenters. The summed E-state index contributed by atoms with van der Waals surface area (Å²) in [6.45, 7) is 2.34. The third-order valence-electron chi connectivity index (χ3n) is 5.56. The van der Waals surface area contributed by atoms with E-state index in [9.17, 15) is 13.2 Å². The smallest absolute Gasteiger partial charge is 0.275 e. The molecule has 0 spiro atoms. The second kappa shape index (κ2) is 5.95. The lowest BCUT2D eigenvalue weighted by molar-refractivity contribution is 0.0784. The summed E-state index contributed by atoms with van der Waals surface area (Å²) >= 11 is 1.17. The molecule has 8 nitrogen and oxygen atoms in total. The van der Waals surface area contributed by atoms with Crippen molar-refractivity contribution in [2.75, 3.05) is 13.1 Å². The molecule has 4 heterocycles. The van der Waals surface area contributed by atoms with Gasteiger partial charge in [0.15, 0.2) is 15.5 Å². The number of aryl methyl sites for hydroxylation is 2. The van der Waals surface area contributed by atoms with Crippen LogP contribution in [0.3, 0.4) is 0 Å². The van der Waals surface area contributed by atoms with Crippen LogP contribution < -0.4 is 0 Å². The first kappa shape index (κ1) is 17.5. The van der Waals surface area contributed by atoms with Gasteiger partial charge in [0, 0.05) is 37.8 Å². The van der Waals surface area contributed by atoms with Crippen LogP contribution in [0, 0.1) is 6.92 Å². The number of nitrogens with zero attached hydrogens (tertiary/aromatic N) is 5. The lowest BCUT2D eigenvalue weighted by Gasteiger charge is -2.17. The van der Waals surface area contributed by atoms with Crippen LogP contribution in [0.2, 0.25) is 0 Å². The molecule has 0 radical (unpaired) electrons. The van der Waals surface area contributed by atoms with Gasteiger partial charge in [-0.2, -0.15) is 5.10 Å². The van der Waals surface area contributed by atoms with Gasteiger partial charge in [0.05, 0.1) is 21.2 Å². The fourth-order valence-electron chi connectivity index (χ4n) is 4.14. The van der Waals surface area contributed by atoms with Crippen LogP contribution in [-0.2, 0) is 16.9 Å². The Labute approximate surface area is 165 Å². The highest BCUT2D eigenvalue weighted by atomic mass is 32.2. The molecular weight excluding hydrogens is 398 g/mol. The zero-order valence-electron chi connectivity index (χ0n) is 15.2. The number of rotatable bonds is 2. The lowest BCUT2D eigenvalue weighted by atomic mass is 9.95. The summed E-state index contributed by atoms with van der Waals surface area (Å²) < 4.78 is 31.6. The second-order valence-corrected chi connectivity index (χ2v) is 10.3. The number of hydrogen-bond acceptors (Lipinski definition) is 7. The van der Waals surface area contributed by atoms with Crippen LogP contribution in [-0.4, -0.2) is 56.9 Å². The van der Waals surface area contributed by atoms with Crippen molar-refractivity contribution < 1.29 is 13.2 Å². The van der Waals surface area contributed by atoms with Crippen LogP contribution in [0.1, 0.15) is 26.8 Å². The van der Waals surface area contributed by atoms with Crippen molar-refractivity contribution in [2.24, 2.45) is 7.05 Å². The van der Waals surface area contributed by atoms with E-state index in [0.717, 1.165) is 21.6 Å². The summed E-state index contributed by atoms with van der Waals surface area (Å²) in [4.78, 5) is 15.5. The van der Waals surface area contributed by atoms with E-state index in [0.29, 0.717) is 17.1 Å². The summed E-state index contributed by atoms with van der Waals surface area (Å²) in [5, 5.41) is 7.49. The number of sulfone groups is 1. The summed E-state index contributed by atoms with van der Waals surface area (Å²) in [6, 6.07) is 5.44. The molecule has 1 fully saturated rings. The first-order valence-corrected chi connectivity index (χ1v) is 11.1. The maximum Gasteiger partial charge on any atom is 0.275 e. The molecule has 2 aliphatic rings. The predicted molar refractivity (Wildman–Crippen MR) is 103 cm³/mol. The highest BCUT2D eigenvalue weighted by molar-refractivity contribution is 7.92. The summed E-state index contributed by atoms with van der Waals surface area (Å²) in [6.07, 6.45) is 3.65. The SMILES string of the molecule is Cc1snnc1C(=O)N1C[C@@H]2c3cc(-c4cnn(C)c4)ccc3S(=O)(=O)[C@@H]2C1. The number of likely N-dealkylation sites (tertiary alicyclic amines) is 1. The Kier molecular flexibility index (Phi) is 3.72. The molecule has 3 aromatic rings. The average molecular weight is 416 g/mol. The van der Waals surface area contributed by atoms with E-state index in [1.54, 1.807) is 28.8 Å². The van der Waals surface area contributed by atoms with E-state index < -0.39 is 15.1 Å². The number of amides is 1. The fourth-order valence-corrected chi connectivity index (χ4v) is 6.77. The van der Waals surface area contributed by atoms with E-state index in [1.807, 2.05) is 25.4 Å². The summed E-state index contributed by atoms with van der Waals surface area (Å²) in [5.74, 6) is -0.478. The van der Waals surface area contributed by atoms with Gasteiger partial charge in [-0.05, 0) is 41.7 Å². The minimum absolute atomic E-state index is 0.180. The van der Waals surface area contributed by atoms with Crippen molar-refractivity contribution in [3.05, 3.63) is 46.7 Å². The normalized spacial score (nSPS) is 22.3. The first-order valence-electron chi connectivity index (χ1n) is 8.81. The highest BCUT2D eigenvalue weighted by Gasteiger charge is 2.51. The minimum Gasteiger partial charge on any atom is -0.335 e. The molecule has 0 unspecified atom stereocenters. The number of aromatic nitrogens is 4. The van der Waals surface area contributed by atoms with Crippen LogP contribution >= 0.6 is 11.5 Å². The minimum atomic E-state index is -3.47. The van der Waals surface area contributed by atoms with Gasteiger partial charge in [-0.15, -0.1) is 5.10 Å². The zero-order chi connectivity index (χ0) is 19.6. The molecule has 5 rings (SSSR count). The zero-order valence-corrected chi connectivity index (χ0v) is 16.9. The Morgan fingerprint density at radius 2 is 2.07 bits per heavy atom. The van der Waals surface area contributed by atoms with Crippen LogP contribution in [0.15, 0.2) is 35.5 Å². The van der Waals surface area contributed by atoms with Gasteiger partial charge in [-0.1, -0.05) is 10.6 Å². The second-order valence-electron chi connectivity index (χ2n) is 7.23. The van der Waals surface area contributed by atoms with Gasteiger partial charge in [0.25, 0.3) is 5.91 Å². The van der Waals surface area contributed by atoms with Gasteiger partial charge in [0.1, 0.15) is 0 Å². The van der Waals surface area contributed by atoms with Gasteiger partial charge in [-0.3, -0.25) is 9.48 Å². The maximum atomic E-state index is 13.1. The lowest BCUT2D eigenvalue weighted by Crippen LogP contribution is -2.32. The quantitative estimate of drug-likeness (QED) is 0.631. The first-order chi connectivity index (χ1) is 13.4. The van der Waals surface area contributed by atoms with Gasteiger partial charge >= 0.3 is 0 Å². The number of carbonyl (C=O) groups excluding carboxylic acids is 1. The number of hydrogen-bond donors (Lipinski definition) is 0. The Morgan fingerprint density at radius 3 is 2.75 bits per heavy atom. The Hall–Kier alpha value is -2.59. The molecule has 28 heavy (non-hydrogen) atoms. The third-order valence-corrected chi connectivity index (χ3v) is 8.45. The Balaban J connectivity index is 1.52. The largest absolute Gasteiger partial charge is 0.335 e. The molecule has 0 saturated carbocycles. The van der Waals surface area contributed by atoms with Crippen molar-refractivity contribution in [2.45, 2.75) is 23.0 Å². The molecule has 1 aromatic carbocycles. The molecule has 10 heteroatoms. The number of carbonyl (C=O) groups is 1. The standard InChI is InChI=1S/C18H17N5O3S2/c1-10-17(20-21-27-10)18(24)23-8-14-13-5-11(12-6-19-22(2)7-12)3-4-15(13)28(25,26)16(14)9-23/h3-7,14,16H,8-9H2,1-2H3/t14-,16-/m1/s1. The highest BCUT2D eigenvalue weighted by Crippen LogP contribution is 2.46. The van der Waals surface area contributed by atoms with Crippen molar-refractivity contribution in [1.82, 2.24) is 24.3 Å². The molecule has 0 N–H and O–H groups in total. The molecular formula is C18H17N5O3S2. The number of fused-ring (bicyclic) bond motifs is 3. The molecule has 0 aliphatic carbocycles. The molecule has 0 bridgehead atoms. The monoisotopic (exact) mass is 415 g/mol. The van der Waals surface area contributed by atoms with Crippen molar-refractivity contribution in [3.63, 3.8) is 0 Å². The van der Waals surface area contributed by atoms with E-state index in [4.69, 9.17) is 0 Å². The van der Waals surface area contributed by atoms with Gasteiger partial charge in [0.2, 0.25) is 0 Å². The number of benzene rings is 1. The van der Waals surface area contributed by atoms with Gasteiger partial charge < -0.3 is 4.90 Å². The van der Waals surface area contributed by atoms with E-state index in [2.05, 4.69) is 14.7 Å². The van der Waals surface area contributed by atoms with Crippen LogP contribution in [0.4, 0.5) is 0 Å². The van der Waals surface area contributed by atoms with Crippen molar-refractivity contribution in [3.8, 4) is 11.1 Å². The van der Waals surface area contributed by atoms with E-state index in [-0.39, 0.29) is 18.4 Å². The van der Waals surface area contributed by atoms with Gasteiger partial charge in [-0.25, -0.2) is 8.42 Å². The van der Waals surface area contributed by atoms with Crippen LogP contribution in [0.5, 0.6) is 0 Å². The maximum absolute atomic E-state index is 13.1. The topological polar surface area (TPSA) is 98.1 Å². The van der Waals surface area contributed by atoms with E-state index >= 15 is 0 Å². The Bertz CT molecular complexity index is 1210. The fraction of sp³-hybridized carbons (Fsp3) is 0.333.